The van der Waals surface area contributed by atoms with Crippen molar-refractivity contribution in [1.29, 1.82) is 5.26 Å². The maximum atomic E-state index is 9.00. The topological polar surface area (TPSA) is 45.0 Å². The molecule has 1 N–H and O–H groups in total. The zero-order valence-electron chi connectivity index (χ0n) is 10.5. The Morgan fingerprint density at radius 2 is 2.05 bits per heavy atom. The zero-order chi connectivity index (χ0) is 13.7. The Balaban J connectivity index is 2.11. The van der Waals surface area contributed by atoms with Gasteiger partial charge < -0.3 is 10.1 Å². The van der Waals surface area contributed by atoms with Crippen LogP contribution in [0.3, 0.4) is 0 Å². The van der Waals surface area contributed by atoms with Gasteiger partial charge in [-0.15, -0.1) is 0 Å². The third kappa shape index (κ3) is 3.18. The minimum Gasteiger partial charge on any atom is -0.495 e. The van der Waals surface area contributed by atoms with Crippen LogP contribution in [-0.2, 0) is 6.54 Å². The molecule has 2 aromatic carbocycles. The number of benzene rings is 2. The molecule has 0 heterocycles. The van der Waals surface area contributed by atoms with E-state index in [1.54, 1.807) is 13.2 Å². The van der Waals surface area contributed by atoms with Crippen LogP contribution in [0.2, 0.25) is 5.02 Å². The second-order valence-corrected chi connectivity index (χ2v) is 4.39. The van der Waals surface area contributed by atoms with Gasteiger partial charge in [-0.1, -0.05) is 29.8 Å². The maximum absolute atomic E-state index is 9.00. The van der Waals surface area contributed by atoms with Crippen molar-refractivity contribution in [1.82, 2.24) is 0 Å². The van der Waals surface area contributed by atoms with E-state index >= 15 is 0 Å². The monoisotopic (exact) mass is 272 g/mol. The number of hydrogen-bond acceptors (Lipinski definition) is 3. The van der Waals surface area contributed by atoms with E-state index < -0.39 is 0 Å². The fourth-order valence-corrected chi connectivity index (χ4v) is 2.03. The molecule has 0 bridgehead atoms. The summed E-state index contributed by atoms with van der Waals surface area (Å²) in [7, 11) is 1.59. The predicted octanol–water partition coefficient (Wildman–Crippen LogP) is 3.83. The highest BCUT2D eigenvalue weighted by Gasteiger charge is 2.03. The molecule has 0 aliphatic heterocycles. The summed E-state index contributed by atoms with van der Waals surface area (Å²) < 4.78 is 5.10. The molecule has 0 saturated heterocycles. The molecular weight excluding hydrogens is 260 g/mol. The first-order valence-electron chi connectivity index (χ1n) is 5.80. The summed E-state index contributed by atoms with van der Waals surface area (Å²) >= 11 is 6.06. The normalized spacial score (nSPS) is 9.74. The van der Waals surface area contributed by atoms with Crippen molar-refractivity contribution in [3.63, 3.8) is 0 Å². The first-order chi connectivity index (χ1) is 9.24. The minimum absolute atomic E-state index is 0.579. The molecule has 0 aliphatic rings. The van der Waals surface area contributed by atoms with Crippen molar-refractivity contribution in [2.45, 2.75) is 6.54 Å². The van der Waals surface area contributed by atoms with Crippen LogP contribution in [0.5, 0.6) is 5.75 Å². The van der Waals surface area contributed by atoms with Crippen LogP contribution in [0.1, 0.15) is 11.1 Å². The van der Waals surface area contributed by atoms with Gasteiger partial charge in [0.05, 0.1) is 23.4 Å². The number of methoxy groups -OCH3 is 1. The molecule has 0 radical (unpaired) electrons. The Labute approximate surface area is 117 Å². The number of rotatable bonds is 4. The number of hydrogen-bond donors (Lipinski definition) is 1. The smallest absolute Gasteiger partial charge is 0.137 e. The summed E-state index contributed by atoms with van der Waals surface area (Å²) in [6.45, 7) is 0.600. The first kappa shape index (κ1) is 13.3. The van der Waals surface area contributed by atoms with Crippen molar-refractivity contribution >= 4 is 17.3 Å². The molecule has 3 nitrogen and oxygen atoms in total. The Morgan fingerprint density at radius 1 is 1.26 bits per heavy atom. The number of halogens is 1. The molecule has 0 amide bonds. The molecule has 19 heavy (non-hydrogen) atoms. The number of anilines is 1. The summed E-state index contributed by atoms with van der Waals surface area (Å²) in [6.07, 6.45) is 0. The Kier molecular flexibility index (Phi) is 4.27. The average Bonchev–Trinajstić information content (AvgIpc) is 2.45. The third-order valence-corrected chi connectivity index (χ3v) is 3.04. The van der Waals surface area contributed by atoms with Gasteiger partial charge in [-0.2, -0.15) is 5.26 Å². The molecule has 4 heteroatoms. The summed E-state index contributed by atoms with van der Waals surface area (Å²) in [6, 6.07) is 15.2. The molecule has 2 aromatic rings. The van der Waals surface area contributed by atoms with Gasteiger partial charge in [-0.05, 0) is 29.8 Å². The molecule has 0 fully saturated rings. The summed E-state index contributed by atoms with van der Waals surface area (Å²) in [5, 5.41) is 12.8. The highest BCUT2D eigenvalue weighted by Crippen LogP contribution is 2.25. The highest BCUT2D eigenvalue weighted by atomic mass is 35.5. The van der Waals surface area contributed by atoms with Gasteiger partial charge in [0.25, 0.3) is 0 Å². The van der Waals surface area contributed by atoms with Crippen LogP contribution >= 0.6 is 11.6 Å². The SMILES string of the molecule is COc1ccc(CNc2ccccc2C#N)cc1Cl. The van der Waals surface area contributed by atoms with E-state index in [-0.39, 0.29) is 0 Å². The van der Waals surface area contributed by atoms with E-state index in [4.69, 9.17) is 21.6 Å². The van der Waals surface area contributed by atoms with Crippen molar-refractivity contribution < 1.29 is 4.74 Å². The molecule has 0 saturated carbocycles. The summed E-state index contributed by atoms with van der Waals surface area (Å²) in [4.78, 5) is 0. The van der Waals surface area contributed by atoms with Crippen molar-refractivity contribution in [2.75, 3.05) is 12.4 Å². The molecule has 0 atom stereocenters. The van der Waals surface area contributed by atoms with Crippen LogP contribution in [0.15, 0.2) is 42.5 Å². The van der Waals surface area contributed by atoms with Crippen LogP contribution < -0.4 is 10.1 Å². The Bertz CT molecular complexity index is 620. The van der Waals surface area contributed by atoms with Crippen molar-refractivity contribution in [3.8, 4) is 11.8 Å². The minimum atomic E-state index is 0.579. The van der Waals surface area contributed by atoms with Gasteiger partial charge in [0, 0.05) is 6.54 Å². The van der Waals surface area contributed by atoms with Crippen LogP contribution in [-0.4, -0.2) is 7.11 Å². The van der Waals surface area contributed by atoms with Gasteiger partial charge in [0.2, 0.25) is 0 Å². The highest BCUT2D eigenvalue weighted by molar-refractivity contribution is 6.32. The van der Waals surface area contributed by atoms with Gasteiger partial charge in [0.15, 0.2) is 0 Å². The molecular formula is C15H13ClN2O. The molecule has 2 rings (SSSR count). The van der Waals surface area contributed by atoms with Gasteiger partial charge in [-0.3, -0.25) is 0 Å². The van der Waals surface area contributed by atoms with Crippen molar-refractivity contribution in [3.05, 3.63) is 58.6 Å². The maximum Gasteiger partial charge on any atom is 0.137 e. The largest absolute Gasteiger partial charge is 0.495 e. The predicted molar refractivity (Wildman–Crippen MR) is 76.5 cm³/mol. The lowest BCUT2D eigenvalue weighted by molar-refractivity contribution is 0.415. The van der Waals surface area contributed by atoms with E-state index in [0.717, 1.165) is 11.3 Å². The molecule has 0 spiro atoms. The fourth-order valence-electron chi connectivity index (χ4n) is 1.75. The Morgan fingerprint density at radius 3 is 2.74 bits per heavy atom. The molecule has 0 aliphatic carbocycles. The van der Waals surface area contributed by atoms with Crippen LogP contribution in [0.4, 0.5) is 5.69 Å². The van der Waals surface area contributed by atoms with Crippen molar-refractivity contribution in [2.24, 2.45) is 0 Å². The lowest BCUT2D eigenvalue weighted by atomic mass is 10.1. The average molecular weight is 273 g/mol. The summed E-state index contributed by atoms with van der Waals surface area (Å²) in [5.74, 6) is 0.655. The number of nitriles is 1. The second kappa shape index (κ2) is 6.12. The van der Waals surface area contributed by atoms with E-state index in [0.29, 0.717) is 22.9 Å². The van der Waals surface area contributed by atoms with E-state index in [2.05, 4.69) is 11.4 Å². The molecule has 0 unspecified atom stereocenters. The molecule has 0 aromatic heterocycles. The zero-order valence-corrected chi connectivity index (χ0v) is 11.2. The second-order valence-electron chi connectivity index (χ2n) is 3.98. The van der Waals surface area contributed by atoms with E-state index in [1.807, 2.05) is 36.4 Å². The van der Waals surface area contributed by atoms with E-state index in [1.165, 1.54) is 0 Å². The van der Waals surface area contributed by atoms with Gasteiger partial charge in [-0.25, -0.2) is 0 Å². The number of nitrogens with one attached hydrogen (secondary N) is 1. The fraction of sp³-hybridized carbons (Fsp3) is 0.133. The Hall–Kier alpha value is -2.18. The first-order valence-corrected chi connectivity index (χ1v) is 6.18. The van der Waals surface area contributed by atoms with E-state index in [9.17, 15) is 0 Å². The van der Waals surface area contributed by atoms with Crippen LogP contribution in [0, 0.1) is 11.3 Å². The van der Waals surface area contributed by atoms with Gasteiger partial charge >= 0.3 is 0 Å². The third-order valence-electron chi connectivity index (χ3n) is 2.75. The van der Waals surface area contributed by atoms with Gasteiger partial charge in [0.1, 0.15) is 11.8 Å². The quantitative estimate of drug-likeness (QED) is 0.920. The summed E-state index contributed by atoms with van der Waals surface area (Å²) in [5.41, 5.74) is 2.47. The lowest BCUT2D eigenvalue weighted by Crippen LogP contribution is -2.01. The number of nitrogens with zero attached hydrogens (tertiary/aromatic N) is 1. The van der Waals surface area contributed by atoms with Crippen LogP contribution in [0.25, 0.3) is 0 Å². The standard InChI is InChI=1S/C15H13ClN2O/c1-19-15-7-6-11(8-13(15)16)10-18-14-5-3-2-4-12(14)9-17/h2-8,18H,10H2,1H3. The molecule has 96 valence electrons. The lowest BCUT2D eigenvalue weighted by Gasteiger charge is -2.09. The number of para-hydroxylation sites is 1. The number of ether oxygens (including phenoxy) is 1.